The molecule has 0 bridgehead atoms. The van der Waals surface area contributed by atoms with Crippen LogP contribution in [-0.2, 0) is 34.7 Å². The summed E-state index contributed by atoms with van der Waals surface area (Å²) >= 11 is 0. The van der Waals surface area contributed by atoms with Gasteiger partial charge in [-0.2, -0.15) is 37.1 Å². The first-order valence-electron chi connectivity index (χ1n) is 11.3. The Morgan fingerprint density at radius 1 is 0.529 bits per heavy atom. The Balaban J connectivity index is -0.000000385. The van der Waals surface area contributed by atoms with Crippen molar-refractivity contribution in [1.82, 2.24) is 0 Å². The molecule has 0 aromatic heterocycles. The fraction of sp³-hybridized carbons (Fsp3) is 0.333. The van der Waals surface area contributed by atoms with Crippen molar-refractivity contribution in [2.24, 2.45) is 0 Å². The first-order valence-corrected chi connectivity index (χ1v) is 11.3. The Hall–Kier alpha value is -1.94. The Labute approximate surface area is 232 Å². The van der Waals surface area contributed by atoms with Crippen LogP contribution in [0.5, 0.6) is 0 Å². The molecule has 0 fully saturated rings. The van der Waals surface area contributed by atoms with Gasteiger partial charge >= 0.3 is 34.7 Å². The Bertz CT molecular complexity index is 787. The molecule has 0 aliphatic carbocycles. The molecule has 3 rings (SSSR count). The zero-order chi connectivity index (χ0) is 24.5. The quantitative estimate of drug-likeness (QED) is 0.313. The standard InChI is InChI=1S/2C9H12N.C8H10.C4H10.2Cr/c2*1-8-6-4-5-7-9(8)10(2)3;1-7-3-5-8(2)6-4-7;1-3-4-2;;/h2*4-7H,1H2,2-3H3;3-6H,1-2H3;3-4H2,1-2H3;;/q2*-1;;;2*+2. The number of unbranched alkanes of at least 4 members (excludes halogenated alkanes) is 1. The molecule has 3 aromatic carbocycles. The van der Waals surface area contributed by atoms with Gasteiger partial charge in [0.1, 0.15) is 0 Å². The Kier molecular flexibility index (Phi) is 23.3. The predicted molar refractivity (Wildman–Crippen MR) is 147 cm³/mol. The van der Waals surface area contributed by atoms with Crippen LogP contribution in [0.3, 0.4) is 0 Å². The average molecular weight is 537 g/mol. The number of anilines is 2. The van der Waals surface area contributed by atoms with Crippen molar-refractivity contribution in [2.45, 2.75) is 40.5 Å². The van der Waals surface area contributed by atoms with Crippen LogP contribution in [0.25, 0.3) is 0 Å². The molecular weight excluding hydrogens is 492 g/mol. The first-order chi connectivity index (χ1) is 15.1. The molecule has 2 nitrogen and oxygen atoms in total. The molecule has 0 amide bonds. The summed E-state index contributed by atoms with van der Waals surface area (Å²) in [5.41, 5.74) is 7.18. The van der Waals surface area contributed by atoms with Gasteiger partial charge in [-0.25, -0.2) is 0 Å². The van der Waals surface area contributed by atoms with Crippen LogP contribution in [-0.4, -0.2) is 28.2 Å². The van der Waals surface area contributed by atoms with E-state index in [-0.39, 0.29) is 34.7 Å². The van der Waals surface area contributed by atoms with Crippen LogP contribution in [0.2, 0.25) is 0 Å². The summed E-state index contributed by atoms with van der Waals surface area (Å²) in [4.78, 5) is 4.12. The fourth-order valence-corrected chi connectivity index (χ4v) is 2.53. The van der Waals surface area contributed by atoms with E-state index < -0.39 is 0 Å². The van der Waals surface area contributed by atoms with Crippen molar-refractivity contribution in [3.8, 4) is 0 Å². The van der Waals surface area contributed by atoms with Crippen molar-refractivity contribution in [3.63, 3.8) is 0 Å². The largest absolute Gasteiger partial charge is 2.00 e. The molecule has 0 heterocycles. The molecule has 34 heavy (non-hydrogen) atoms. The summed E-state index contributed by atoms with van der Waals surface area (Å²) in [6.45, 7) is 16.4. The van der Waals surface area contributed by atoms with Crippen LogP contribution >= 0.6 is 0 Å². The van der Waals surface area contributed by atoms with Gasteiger partial charge in [-0.05, 0) is 42.0 Å². The molecule has 0 unspecified atom stereocenters. The van der Waals surface area contributed by atoms with E-state index in [0.717, 1.165) is 11.1 Å². The predicted octanol–water partition coefficient (Wildman–Crippen LogP) is 7.97. The minimum atomic E-state index is 0. The topological polar surface area (TPSA) is 6.48 Å². The van der Waals surface area contributed by atoms with E-state index in [0.29, 0.717) is 0 Å². The molecule has 0 aliphatic rings. The third kappa shape index (κ3) is 16.6. The molecule has 184 valence electrons. The molecule has 3 aromatic rings. The van der Waals surface area contributed by atoms with Gasteiger partial charge in [0.05, 0.1) is 0 Å². The van der Waals surface area contributed by atoms with Crippen LogP contribution in [0.4, 0.5) is 11.4 Å². The van der Waals surface area contributed by atoms with Gasteiger partial charge in [0.15, 0.2) is 0 Å². The maximum atomic E-state index is 3.90. The van der Waals surface area contributed by atoms with Crippen molar-refractivity contribution in [1.29, 1.82) is 0 Å². The molecule has 0 atom stereocenters. The normalized spacial score (nSPS) is 8.59. The minimum absolute atomic E-state index is 0. The SMILES string of the molecule is CCCC.Cc1ccc(C)cc1.[CH2-]c1ccccc1N(C)C.[CH2-]c1ccccc1N(C)C.[Cr+2].[Cr+2]. The maximum absolute atomic E-state index is 3.90. The fourth-order valence-electron chi connectivity index (χ4n) is 2.53. The zero-order valence-corrected chi connectivity index (χ0v) is 25.0. The van der Waals surface area contributed by atoms with Gasteiger partial charge in [-0.1, -0.05) is 97.7 Å². The van der Waals surface area contributed by atoms with E-state index >= 15 is 0 Å². The van der Waals surface area contributed by atoms with E-state index in [2.05, 4.69) is 87.7 Å². The first kappa shape index (κ1) is 36.6. The molecule has 0 N–H and O–H groups in total. The monoisotopic (exact) mass is 536 g/mol. The van der Waals surface area contributed by atoms with E-state index in [9.17, 15) is 0 Å². The summed E-state index contributed by atoms with van der Waals surface area (Å²) in [7, 11) is 8.07. The van der Waals surface area contributed by atoms with E-state index in [1.54, 1.807) is 0 Å². The van der Waals surface area contributed by atoms with Crippen LogP contribution < -0.4 is 9.80 Å². The average Bonchev–Trinajstić information content (AvgIpc) is 2.77. The number of para-hydroxylation sites is 2. The minimum Gasteiger partial charge on any atom is -0.428 e. The summed E-state index contributed by atoms with van der Waals surface area (Å²) in [5, 5.41) is 0. The molecule has 0 saturated carbocycles. The second kappa shape index (κ2) is 21.6. The Morgan fingerprint density at radius 2 is 0.794 bits per heavy atom. The number of nitrogens with zero attached hydrogens (tertiary/aromatic N) is 2. The summed E-state index contributed by atoms with van der Waals surface area (Å²) in [5.74, 6) is 0. The van der Waals surface area contributed by atoms with Crippen molar-refractivity contribution in [3.05, 3.63) is 109 Å². The maximum Gasteiger partial charge on any atom is 2.00 e. The second-order valence-corrected chi connectivity index (χ2v) is 8.20. The summed E-state index contributed by atoms with van der Waals surface area (Å²) < 4.78 is 0. The zero-order valence-electron chi connectivity index (χ0n) is 22.5. The molecule has 4 heteroatoms. The van der Waals surface area contributed by atoms with Crippen molar-refractivity contribution in [2.75, 3.05) is 38.0 Å². The van der Waals surface area contributed by atoms with Gasteiger partial charge in [0, 0.05) is 0 Å². The third-order valence-electron chi connectivity index (χ3n) is 4.67. The molecule has 0 radical (unpaired) electrons. The number of hydrogen-bond donors (Lipinski definition) is 0. The third-order valence-corrected chi connectivity index (χ3v) is 4.67. The van der Waals surface area contributed by atoms with Gasteiger partial charge in [0.25, 0.3) is 0 Å². The molecular formula is C30H44Cr2N2+2. The van der Waals surface area contributed by atoms with Crippen molar-refractivity contribution < 1.29 is 34.7 Å². The van der Waals surface area contributed by atoms with Gasteiger partial charge in [0.2, 0.25) is 0 Å². The Morgan fingerprint density at radius 3 is 0.971 bits per heavy atom. The van der Waals surface area contributed by atoms with Crippen LogP contribution in [0.1, 0.15) is 48.9 Å². The van der Waals surface area contributed by atoms with Crippen molar-refractivity contribution >= 4 is 11.4 Å². The van der Waals surface area contributed by atoms with Gasteiger partial charge in [-0.3, -0.25) is 0 Å². The number of benzene rings is 3. The summed E-state index contributed by atoms with van der Waals surface area (Å²) in [6.07, 6.45) is 2.64. The van der Waals surface area contributed by atoms with E-state index in [1.807, 2.05) is 64.6 Å². The van der Waals surface area contributed by atoms with E-state index in [1.165, 1.54) is 35.3 Å². The van der Waals surface area contributed by atoms with Crippen LogP contribution in [0.15, 0.2) is 72.8 Å². The molecule has 0 saturated heterocycles. The second-order valence-electron chi connectivity index (χ2n) is 8.20. The van der Waals surface area contributed by atoms with Gasteiger partial charge in [-0.15, -0.1) is 12.1 Å². The van der Waals surface area contributed by atoms with Gasteiger partial charge < -0.3 is 9.80 Å². The van der Waals surface area contributed by atoms with E-state index in [4.69, 9.17) is 0 Å². The van der Waals surface area contributed by atoms with Crippen LogP contribution in [0, 0.1) is 27.7 Å². The number of aryl methyl sites for hydroxylation is 2. The smallest absolute Gasteiger partial charge is 0.428 e. The number of rotatable bonds is 3. The summed E-state index contributed by atoms with van der Waals surface area (Å²) in [6, 6.07) is 24.6. The molecule has 0 spiro atoms. The number of hydrogen-bond acceptors (Lipinski definition) is 2. The molecule has 0 aliphatic heterocycles.